The van der Waals surface area contributed by atoms with Crippen LogP contribution in [0.25, 0.3) is 0 Å². The lowest BCUT2D eigenvalue weighted by molar-refractivity contribution is -0.131. The number of nitrogens with one attached hydrogen (secondary N) is 1. The van der Waals surface area contributed by atoms with Crippen molar-refractivity contribution in [2.75, 3.05) is 31.5 Å². The van der Waals surface area contributed by atoms with Crippen molar-refractivity contribution < 1.29 is 14.0 Å². The molecule has 1 aliphatic heterocycles. The van der Waals surface area contributed by atoms with E-state index in [1.54, 1.807) is 28.1 Å². The summed E-state index contributed by atoms with van der Waals surface area (Å²) in [6.45, 7) is 1.83. The fraction of sp³-hybridized carbons (Fsp3) is 0.278. The minimum Gasteiger partial charge on any atom is -0.339 e. The number of hydrogen-bond acceptors (Lipinski definition) is 3. The van der Waals surface area contributed by atoms with Crippen LogP contribution in [0.5, 0.6) is 0 Å². The molecule has 2 aromatic rings. The number of carbonyl (C=O) groups is 2. The Kier molecular flexibility index (Phi) is 5.23. The Morgan fingerprint density at radius 3 is 2.48 bits per heavy atom. The first-order valence-electron chi connectivity index (χ1n) is 8.11. The Balaban J connectivity index is 1.49. The molecule has 1 saturated heterocycles. The number of pyridine rings is 1. The Morgan fingerprint density at radius 2 is 1.80 bits per heavy atom. The molecule has 0 spiro atoms. The van der Waals surface area contributed by atoms with Crippen molar-refractivity contribution in [3.63, 3.8) is 0 Å². The summed E-state index contributed by atoms with van der Waals surface area (Å²) < 4.78 is 13.2. The third kappa shape index (κ3) is 4.53. The van der Waals surface area contributed by atoms with Gasteiger partial charge in [-0.3, -0.25) is 9.78 Å². The van der Waals surface area contributed by atoms with Crippen LogP contribution in [-0.4, -0.2) is 52.9 Å². The van der Waals surface area contributed by atoms with E-state index >= 15 is 0 Å². The lowest BCUT2D eigenvalue weighted by Gasteiger charge is -2.34. The molecule has 1 aliphatic rings. The molecule has 7 heteroatoms. The van der Waals surface area contributed by atoms with Gasteiger partial charge < -0.3 is 15.1 Å². The lowest BCUT2D eigenvalue weighted by Crippen LogP contribution is -2.52. The van der Waals surface area contributed by atoms with E-state index in [2.05, 4.69) is 10.3 Å². The van der Waals surface area contributed by atoms with Gasteiger partial charge in [-0.25, -0.2) is 9.18 Å². The highest BCUT2D eigenvalue weighted by Gasteiger charge is 2.24. The number of aromatic nitrogens is 1. The fourth-order valence-electron chi connectivity index (χ4n) is 2.70. The summed E-state index contributed by atoms with van der Waals surface area (Å²) >= 11 is 0. The van der Waals surface area contributed by atoms with Crippen molar-refractivity contribution in [1.82, 2.24) is 14.8 Å². The van der Waals surface area contributed by atoms with E-state index in [1.165, 1.54) is 12.1 Å². The number of benzene rings is 1. The molecule has 0 bridgehead atoms. The SMILES string of the molecule is O=C(Cc1ccccn1)N1CCN(C(=O)Nc2cccc(F)c2)CC1. The van der Waals surface area contributed by atoms with Crippen molar-refractivity contribution in [3.05, 3.63) is 60.2 Å². The van der Waals surface area contributed by atoms with Crippen molar-refractivity contribution in [2.45, 2.75) is 6.42 Å². The number of nitrogens with zero attached hydrogens (tertiary/aromatic N) is 3. The lowest BCUT2D eigenvalue weighted by atomic mass is 10.2. The summed E-state index contributed by atoms with van der Waals surface area (Å²) in [6.07, 6.45) is 1.92. The second-order valence-electron chi connectivity index (χ2n) is 5.81. The predicted molar refractivity (Wildman–Crippen MR) is 91.5 cm³/mol. The molecule has 0 atom stereocenters. The van der Waals surface area contributed by atoms with E-state index in [9.17, 15) is 14.0 Å². The van der Waals surface area contributed by atoms with Gasteiger partial charge in [0, 0.05) is 43.8 Å². The molecule has 6 nitrogen and oxygen atoms in total. The summed E-state index contributed by atoms with van der Waals surface area (Å²) in [5.74, 6) is -0.397. The van der Waals surface area contributed by atoms with Crippen molar-refractivity contribution >= 4 is 17.6 Å². The van der Waals surface area contributed by atoms with E-state index in [0.717, 1.165) is 5.69 Å². The highest BCUT2D eigenvalue weighted by atomic mass is 19.1. The first kappa shape index (κ1) is 16.9. The van der Waals surface area contributed by atoms with Crippen LogP contribution < -0.4 is 5.32 Å². The maximum absolute atomic E-state index is 13.2. The summed E-state index contributed by atoms with van der Waals surface area (Å²) in [5, 5.41) is 2.67. The smallest absolute Gasteiger partial charge is 0.321 e. The van der Waals surface area contributed by atoms with Crippen LogP contribution in [0.2, 0.25) is 0 Å². The van der Waals surface area contributed by atoms with Gasteiger partial charge in [0.1, 0.15) is 5.82 Å². The van der Waals surface area contributed by atoms with E-state index in [1.807, 2.05) is 18.2 Å². The summed E-state index contributed by atoms with van der Waals surface area (Å²) in [4.78, 5) is 32.0. The van der Waals surface area contributed by atoms with Crippen LogP contribution in [0.1, 0.15) is 5.69 Å². The van der Waals surface area contributed by atoms with E-state index in [-0.39, 0.29) is 18.4 Å². The number of piperazine rings is 1. The molecule has 1 fully saturated rings. The molecular formula is C18H19FN4O2. The minimum atomic E-state index is -0.400. The van der Waals surface area contributed by atoms with Crippen LogP contribution in [0.15, 0.2) is 48.7 Å². The van der Waals surface area contributed by atoms with Gasteiger partial charge in [0.25, 0.3) is 0 Å². The largest absolute Gasteiger partial charge is 0.339 e. The van der Waals surface area contributed by atoms with Crippen LogP contribution in [0.4, 0.5) is 14.9 Å². The van der Waals surface area contributed by atoms with Crippen molar-refractivity contribution in [2.24, 2.45) is 0 Å². The van der Waals surface area contributed by atoms with Gasteiger partial charge in [-0.05, 0) is 30.3 Å². The van der Waals surface area contributed by atoms with Crippen LogP contribution in [-0.2, 0) is 11.2 Å². The molecule has 0 unspecified atom stereocenters. The van der Waals surface area contributed by atoms with Gasteiger partial charge in [0.15, 0.2) is 0 Å². The molecule has 1 N–H and O–H groups in total. The number of hydrogen-bond donors (Lipinski definition) is 1. The Morgan fingerprint density at radius 1 is 1.04 bits per heavy atom. The molecule has 0 aliphatic carbocycles. The first-order valence-corrected chi connectivity index (χ1v) is 8.11. The van der Waals surface area contributed by atoms with Crippen LogP contribution in [0.3, 0.4) is 0 Å². The predicted octanol–water partition coefficient (Wildman–Crippen LogP) is 2.14. The maximum atomic E-state index is 13.2. The number of carbonyl (C=O) groups excluding carboxylic acids is 2. The van der Waals surface area contributed by atoms with Gasteiger partial charge >= 0.3 is 6.03 Å². The Labute approximate surface area is 145 Å². The molecule has 3 rings (SSSR count). The van der Waals surface area contributed by atoms with E-state index in [4.69, 9.17) is 0 Å². The quantitative estimate of drug-likeness (QED) is 0.929. The number of rotatable bonds is 3. The first-order chi connectivity index (χ1) is 12.1. The van der Waals surface area contributed by atoms with Gasteiger partial charge in [0.05, 0.1) is 6.42 Å². The maximum Gasteiger partial charge on any atom is 0.321 e. The Hall–Kier alpha value is -2.96. The normalized spacial score (nSPS) is 14.3. The topological polar surface area (TPSA) is 65.5 Å². The minimum absolute atomic E-state index is 0.00360. The van der Waals surface area contributed by atoms with Crippen molar-refractivity contribution in [3.8, 4) is 0 Å². The number of urea groups is 1. The summed E-state index contributed by atoms with van der Waals surface area (Å²) in [7, 11) is 0. The van der Waals surface area contributed by atoms with E-state index in [0.29, 0.717) is 31.9 Å². The van der Waals surface area contributed by atoms with Gasteiger partial charge in [-0.2, -0.15) is 0 Å². The van der Waals surface area contributed by atoms with Gasteiger partial charge in [-0.1, -0.05) is 12.1 Å². The third-order valence-electron chi connectivity index (χ3n) is 4.05. The zero-order chi connectivity index (χ0) is 17.6. The van der Waals surface area contributed by atoms with Gasteiger partial charge in [0.2, 0.25) is 5.91 Å². The molecule has 0 saturated carbocycles. The molecule has 0 radical (unpaired) electrons. The summed E-state index contributed by atoms with van der Waals surface area (Å²) in [6, 6.07) is 11.0. The molecular weight excluding hydrogens is 323 g/mol. The number of amides is 3. The second-order valence-corrected chi connectivity index (χ2v) is 5.81. The molecule has 130 valence electrons. The molecule has 3 amide bonds. The Bertz CT molecular complexity index is 746. The second kappa shape index (κ2) is 7.74. The zero-order valence-corrected chi connectivity index (χ0v) is 13.7. The molecule has 25 heavy (non-hydrogen) atoms. The third-order valence-corrected chi connectivity index (χ3v) is 4.05. The average molecular weight is 342 g/mol. The van der Waals surface area contributed by atoms with Crippen molar-refractivity contribution in [1.29, 1.82) is 0 Å². The molecule has 2 heterocycles. The summed E-state index contributed by atoms with van der Waals surface area (Å²) in [5.41, 5.74) is 1.15. The van der Waals surface area contributed by atoms with Crippen LogP contribution >= 0.6 is 0 Å². The fourth-order valence-corrected chi connectivity index (χ4v) is 2.70. The molecule has 1 aromatic heterocycles. The molecule has 1 aromatic carbocycles. The monoisotopic (exact) mass is 342 g/mol. The van der Waals surface area contributed by atoms with Gasteiger partial charge in [-0.15, -0.1) is 0 Å². The van der Waals surface area contributed by atoms with Crippen LogP contribution in [0, 0.1) is 5.82 Å². The van der Waals surface area contributed by atoms with E-state index < -0.39 is 5.82 Å². The highest BCUT2D eigenvalue weighted by molar-refractivity contribution is 5.89. The number of anilines is 1. The zero-order valence-electron chi connectivity index (χ0n) is 13.7. The standard InChI is InChI=1S/C18H19FN4O2/c19-14-4-3-6-16(12-14)21-18(25)23-10-8-22(9-11-23)17(24)13-15-5-1-2-7-20-15/h1-7,12H,8-11,13H2,(H,21,25). The number of halogens is 1. The average Bonchev–Trinajstić information content (AvgIpc) is 2.62. The highest BCUT2D eigenvalue weighted by Crippen LogP contribution is 2.12.